The summed E-state index contributed by atoms with van der Waals surface area (Å²) in [6.07, 6.45) is 1.93. The summed E-state index contributed by atoms with van der Waals surface area (Å²) in [5.41, 5.74) is 2.05. The van der Waals surface area contributed by atoms with E-state index in [4.69, 9.17) is 4.74 Å². The molecule has 1 amide bonds. The molecule has 2 aliphatic heterocycles. The number of nitrogens with zero attached hydrogens (tertiary/aromatic N) is 4. The molecule has 1 fully saturated rings. The van der Waals surface area contributed by atoms with Crippen LogP contribution in [0.2, 0.25) is 0 Å². The smallest absolute Gasteiger partial charge is 0.255 e. The highest BCUT2D eigenvalue weighted by Crippen LogP contribution is 2.32. The van der Waals surface area contributed by atoms with Gasteiger partial charge in [-0.05, 0) is 25.0 Å². The van der Waals surface area contributed by atoms with Crippen LogP contribution in [0, 0.1) is 5.82 Å². The van der Waals surface area contributed by atoms with Gasteiger partial charge in [0.15, 0.2) is 5.82 Å². The average Bonchev–Trinajstić information content (AvgIpc) is 2.86. The lowest BCUT2D eigenvalue weighted by Gasteiger charge is -2.29. The zero-order chi connectivity index (χ0) is 22.1. The Morgan fingerprint density at radius 2 is 2.16 bits per heavy atom. The number of likely N-dealkylation sites (N-methyl/N-ethyl adjacent to an activating group) is 2. The van der Waals surface area contributed by atoms with E-state index in [1.807, 2.05) is 13.1 Å². The Morgan fingerprint density at radius 3 is 2.90 bits per heavy atom. The van der Waals surface area contributed by atoms with E-state index in [-0.39, 0.29) is 36.2 Å². The van der Waals surface area contributed by atoms with Crippen LogP contribution in [0.1, 0.15) is 30.1 Å². The van der Waals surface area contributed by atoms with E-state index >= 15 is 0 Å². The van der Waals surface area contributed by atoms with Crippen molar-refractivity contribution in [1.82, 2.24) is 14.9 Å². The van der Waals surface area contributed by atoms with Crippen LogP contribution >= 0.6 is 0 Å². The van der Waals surface area contributed by atoms with Gasteiger partial charge >= 0.3 is 0 Å². The van der Waals surface area contributed by atoms with Crippen molar-refractivity contribution in [2.75, 3.05) is 44.1 Å². The normalized spacial score (nSPS) is 24.0. The maximum Gasteiger partial charge on any atom is 0.255 e. The van der Waals surface area contributed by atoms with Crippen molar-refractivity contribution in [3.63, 3.8) is 0 Å². The van der Waals surface area contributed by atoms with E-state index in [0.29, 0.717) is 30.7 Å². The zero-order valence-corrected chi connectivity index (χ0v) is 18.0. The first-order chi connectivity index (χ1) is 14.9. The summed E-state index contributed by atoms with van der Waals surface area (Å²) in [4.78, 5) is 25.0. The lowest BCUT2D eigenvalue weighted by Crippen LogP contribution is -2.42. The van der Waals surface area contributed by atoms with Gasteiger partial charge in [-0.3, -0.25) is 4.79 Å². The van der Waals surface area contributed by atoms with E-state index in [1.54, 1.807) is 24.1 Å². The summed E-state index contributed by atoms with van der Waals surface area (Å²) in [5.74, 6) is -0.360. The number of hydrogen-bond donors (Lipinski definition) is 2. The van der Waals surface area contributed by atoms with Crippen molar-refractivity contribution >= 4 is 17.5 Å². The molecule has 0 spiro atoms. The number of nitrogens with one attached hydrogen (secondary N) is 1. The Kier molecular flexibility index (Phi) is 6.06. The number of carbonyl (C=O) groups excluding carboxylic acids is 1. The maximum atomic E-state index is 14.7. The van der Waals surface area contributed by atoms with Gasteiger partial charge in [0.25, 0.3) is 5.91 Å². The first-order valence-electron chi connectivity index (χ1n) is 10.6. The average molecular weight is 429 g/mol. The van der Waals surface area contributed by atoms with Crippen LogP contribution in [0.5, 0.6) is 0 Å². The van der Waals surface area contributed by atoms with Gasteiger partial charge in [0.1, 0.15) is 5.69 Å². The molecule has 0 saturated carbocycles. The summed E-state index contributed by atoms with van der Waals surface area (Å²) in [5, 5.41) is 13.2. The number of anilines is 2. The fourth-order valence-corrected chi connectivity index (χ4v) is 4.17. The van der Waals surface area contributed by atoms with Crippen molar-refractivity contribution in [2.45, 2.75) is 38.0 Å². The lowest BCUT2D eigenvalue weighted by molar-refractivity contribution is -0.0136. The number of aliphatic hydroxyl groups excluding tert-OH is 1. The molecule has 2 N–H and O–H groups in total. The molecule has 0 aliphatic carbocycles. The van der Waals surface area contributed by atoms with Crippen LogP contribution in [0.25, 0.3) is 11.3 Å². The van der Waals surface area contributed by atoms with Crippen molar-refractivity contribution in [3.05, 3.63) is 35.8 Å². The third-order valence-electron chi connectivity index (χ3n) is 6.12. The Bertz CT molecular complexity index is 972. The van der Waals surface area contributed by atoms with Gasteiger partial charge in [-0.2, -0.15) is 0 Å². The maximum absolute atomic E-state index is 14.7. The molecule has 1 aromatic carbocycles. The molecule has 2 aromatic rings. The second-order valence-corrected chi connectivity index (χ2v) is 8.16. The fourth-order valence-electron chi connectivity index (χ4n) is 4.17. The van der Waals surface area contributed by atoms with Crippen LogP contribution in [-0.4, -0.2) is 77.9 Å². The Labute approximate surface area is 181 Å². The molecule has 1 saturated heterocycles. The minimum atomic E-state index is -0.680. The minimum absolute atomic E-state index is 0.0524. The number of rotatable bonds is 4. The molecule has 1 unspecified atom stereocenters. The SMILES string of the molecule is CCC1CN(C)C(=O)c2ccc(-c3nc(N[C@@H]4CCOC[C@H]4O)ncc3F)cc2N1C. The van der Waals surface area contributed by atoms with Gasteiger partial charge in [0.2, 0.25) is 5.95 Å². The largest absolute Gasteiger partial charge is 0.389 e. The highest BCUT2D eigenvalue weighted by Gasteiger charge is 2.29. The molecule has 0 bridgehead atoms. The second-order valence-electron chi connectivity index (χ2n) is 8.16. The number of ether oxygens (including phenoxy) is 1. The summed E-state index contributed by atoms with van der Waals surface area (Å²) in [7, 11) is 3.76. The molecule has 9 heteroatoms. The van der Waals surface area contributed by atoms with Gasteiger partial charge in [0, 0.05) is 38.9 Å². The molecular weight excluding hydrogens is 401 g/mol. The summed E-state index contributed by atoms with van der Waals surface area (Å²) in [6, 6.07) is 5.16. The Balaban J connectivity index is 1.69. The molecule has 3 atom stereocenters. The quantitative estimate of drug-likeness (QED) is 0.770. The number of amides is 1. The third kappa shape index (κ3) is 4.20. The Morgan fingerprint density at radius 1 is 1.35 bits per heavy atom. The summed E-state index contributed by atoms with van der Waals surface area (Å²) in [6.45, 7) is 3.48. The standard InChI is InChI=1S/C22H28FN5O3/c1-4-14-11-27(2)21(30)15-6-5-13(9-18(15)28(14)3)20-16(23)10-24-22(26-20)25-17-7-8-31-12-19(17)29/h5-6,9-10,14,17,19,29H,4,7-8,11-12H2,1-3H3,(H,24,25,26)/t14?,17-,19-/m1/s1. The zero-order valence-electron chi connectivity index (χ0n) is 18.0. The number of halogens is 1. The van der Waals surface area contributed by atoms with E-state index in [9.17, 15) is 14.3 Å². The predicted octanol–water partition coefficient (Wildman–Crippen LogP) is 2.14. The minimum Gasteiger partial charge on any atom is -0.389 e. The van der Waals surface area contributed by atoms with Crippen molar-refractivity contribution in [3.8, 4) is 11.3 Å². The molecule has 1 aromatic heterocycles. The fraction of sp³-hybridized carbons (Fsp3) is 0.500. The molecule has 31 heavy (non-hydrogen) atoms. The van der Waals surface area contributed by atoms with Gasteiger partial charge in [-0.15, -0.1) is 0 Å². The van der Waals surface area contributed by atoms with Crippen molar-refractivity contribution in [1.29, 1.82) is 0 Å². The number of aliphatic hydroxyl groups is 1. The predicted molar refractivity (Wildman–Crippen MR) is 116 cm³/mol. The first kappa shape index (κ1) is 21.5. The van der Waals surface area contributed by atoms with Crippen LogP contribution in [-0.2, 0) is 4.74 Å². The number of fused-ring (bicyclic) bond motifs is 1. The van der Waals surface area contributed by atoms with Crippen LogP contribution in [0.3, 0.4) is 0 Å². The van der Waals surface area contributed by atoms with Crippen LogP contribution in [0.4, 0.5) is 16.0 Å². The second kappa shape index (κ2) is 8.76. The Hall–Kier alpha value is -2.78. The van der Waals surface area contributed by atoms with E-state index in [0.717, 1.165) is 18.3 Å². The topological polar surface area (TPSA) is 90.8 Å². The third-order valence-corrected chi connectivity index (χ3v) is 6.12. The highest BCUT2D eigenvalue weighted by molar-refractivity contribution is 6.01. The molecule has 0 radical (unpaired) electrons. The summed E-state index contributed by atoms with van der Waals surface area (Å²) >= 11 is 0. The molecule has 2 aliphatic rings. The lowest BCUT2D eigenvalue weighted by atomic mass is 10.0. The van der Waals surface area contributed by atoms with Gasteiger partial charge in [-0.25, -0.2) is 14.4 Å². The van der Waals surface area contributed by atoms with E-state index in [2.05, 4.69) is 27.1 Å². The van der Waals surface area contributed by atoms with Crippen molar-refractivity contribution < 1.29 is 19.0 Å². The number of hydrogen-bond acceptors (Lipinski definition) is 7. The monoisotopic (exact) mass is 429 g/mol. The molecular formula is C22H28FN5O3. The highest BCUT2D eigenvalue weighted by atomic mass is 19.1. The number of aromatic nitrogens is 2. The molecule has 3 heterocycles. The summed E-state index contributed by atoms with van der Waals surface area (Å²) < 4.78 is 19.9. The molecule has 8 nitrogen and oxygen atoms in total. The van der Waals surface area contributed by atoms with Gasteiger partial charge < -0.3 is 25.0 Å². The van der Waals surface area contributed by atoms with E-state index in [1.165, 1.54) is 0 Å². The number of carbonyl (C=O) groups is 1. The number of benzene rings is 1. The van der Waals surface area contributed by atoms with Crippen LogP contribution in [0.15, 0.2) is 24.4 Å². The van der Waals surface area contributed by atoms with E-state index < -0.39 is 11.9 Å². The molecule has 166 valence electrons. The first-order valence-corrected chi connectivity index (χ1v) is 10.6. The van der Waals surface area contributed by atoms with Gasteiger partial charge in [0.05, 0.1) is 36.2 Å². The van der Waals surface area contributed by atoms with Crippen molar-refractivity contribution in [2.24, 2.45) is 0 Å². The molecule has 4 rings (SSSR count). The van der Waals surface area contributed by atoms with Crippen LogP contribution < -0.4 is 10.2 Å². The van der Waals surface area contributed by atoms with Gasteiger partial charge in [-0.1, -0.05) is 13.0 Å².